The van der Waals surface area contributed by atoms with Gasteiger partial charge in [0.15, 0.2) is 4.80 Å². The van der Waals surface area contributed by atoms with Crippen molar-refractivity contribution in [3.05, 3.63) is 127 Å². The molecule has 6 rings (SSSR count). The van der Waals surface area contributed by atoms with Crippen LogP contribution in [0.2, 0.25) is 0 Å². The number of rotatable bonds is 3. The maximum atomic E-state index is 13.8. The average Bonchev–Trinajstić information content (AvgIpc) is 3.20. The van der Waals surface area contributed by atoms with Gasteiger partial charge < -0.3 is 5.11 Å². The van der Waals surface area contributed by atoms with Gasteiger partial charge in [-0.25, -0.2) is 4.99 Å². The van der Waals surface area contributed by atoms with Crippen LogP contribution >= 0.6 is 43.2 Å². The van der Waals surface area contributed by atoms with Gasteiger partial charge in [-0.3, -0.25) is 19.5 Å². The zero-order valence-electron chi connectivity index (χ0n) is 19.0. The zero-order chi connectivity index (χ0) is 25.8. The first-order valence-corrected chi connectivity index (χ1v) is 13.8. The van der Waals surface area contributed by atoms with E-state index in [4.69, 9.17) is 4.99 Å². The molecule has 2 aliphatic rings. The monoisotopic (exact) mass is 637 g/mol. The smallest absolute Gasteiger partial charge is 0.271 e. The average molecular weight is 639 g/mol. The number of non-ortho nitro benzene ring substituents is 1. The van der Waals surface area contributed by atoms with Gasteiger partial charge in [-0.05, 0) is 63.7 Å². The molecule has 184 valence electrons. The summed E-state index contributed by atoms with van der Waals surface area (Å²) in [6.07, 6.45) is 3.13. The molecule has 0 bridgehead atoms. The fourth-order valence-corrected chi connectivity index (χ4v) is 7.22. The van der Waals surface area contributed by atoms with Gasteiger partial charge in [0.2, 0.25) is 0 Å². The van der Waals surface area contributed by atoms with Crippen molar-refractivity contribution in [1.29, 1.82) is 0 Å². The van der Waals surface area contributed by atoms with Gasteiger partial charge >= 0.3 is 0 Å². The van der Waals surface area contributed by atoms with Crippen LogP contribution in [0.5, 0.6) is 5.75 Å². The summed E-state index contributed by atoms with van der Waals surface area (Å²) >= 11 is 8.01. The van der Waals surface area contributed by atoms with Crippen molar-refractivity contribution in [2.45, 2.75) is 18.9 Å². The van der Waals surface area contributed by atoms with Crippen LogP contribution in [0.25, 0.3) is 11.8 Å². The van der Waals surface area contributed by atoms with Crippen LogP contribution in [0.3, 0.4) is 0 Å². The highest BCUT2D eigenvalue weighted by Gasteiger charge is 2.33. The van der Waals surface area contributed by atoms with Crippen molar-refractivity contribution in [1.82, 2.24) is 4.57 Å². The molecule has 1 unspecified atom stereocenters. The lowest BCUT2D eigenvalue weighted by Crippen LogP contribution is -2.38. The number of benzene rings is 3. The second kappa shape index (κ2) is 9.20. The van der Waals surface area contributed by atoms with E-state index in [-0.39, 0.29) is 17.0 Å². The van der Waals surface area contributed by atoms with Gasteiger partial charge in [-0.15, -0.1) is 0 Å². The van der Waals surface area contributed by atoms with Crippen molar-refractivity contribution in [3.8, 4) is 5.75 Å². The van der Waals surface area contributed by atoms with Crippen LogP contribution in [0.1, 0.15) is 34.7 Å². The Labute approximate surface area is 231 Å². The van der Waals surface area contributed by atoms with Crippen LogP contribution < -0.4 is 14.9 Å². The highest BCUT2D eigenvalue weighted by Crippen LogP contribution is 2.41. The Morgan fingerprint density at radius 2 is 1.92 bits per heavy atom. The Hall–Kier alpha value is -3.34. The largest absolute Gasteiger partial charge is 0.506 e. The van der Waals surface area contributed by atoms with Gasteiger partial charge in [-0.1, -0.05) is 63.7 Å². The molecule has 37 heavy (non-hydrogen) atoms. The number of aryl methyl sites for hydroxylation is 1. The first kappa shape index (κ1) is 24.0. The highest BCUT2D eigenvalue weighted by molar-refractivity contribution is 9.11. The Bertz CT molecular complexity index is 1840. The lowest BCUT2D eigenvalue weighted by atomic mass is 9.83. The normalized spacial score (nSPS) is 16.6. The van der Waals surface area contributed by atoms with Crippen LogP contribution in [0.15, 0.2) is 85.0 Å². The summed E-state index contributed by atoms with van der Waals surface area (Å²) in [6, 6.07) is 17.5. The molecule has 1 aliphatic carbocycles. The van der Waals surface area contributed by atoms with E-state index in [0.29, 0.717) is 31.4 Å². The molecule has 0 spiro atoms. The third kappa shape index (κ3) is 4.09. The van der Waals surface area contributed by atoms with Crippen molar-refractivity contribution in [2.24, 2.45) is 4.99 Å². The number of halogens is 2. The quantitative estimate of drug-likeness (QED) is 0.238. The summed E-state index contributed by atoms with van der Waals surface area (Å²) in [4.78, 5) is 30.4. The standard InChI is InChI=1S/C27H17Br2N3O4S/c28-17-10-16(25(33)21(29)13-17)12-22-26(34)31-24(15-5-3-6-18(11-15)32(35)36)20-9-8-14-4-1-2-7-19(14)23(20)30-27(31)37-22/h1-7,10-13,24,33H,8-9H2. The Balaban J connectivity index is 1.64. The molecule has 0 radical (unpaired) electrons. The van der Waals surface area contributed by atoms with E-state index in [1.807, 2.05) is 24.3 Å². The lowest BCUT2D eigenvalue weighted by molar-refractivity contribution is -0.384. The molecule has 10 heteroatoms. The van der Waals surface area contributed by atoms with Crippen LogP contribution in [-0.4, -0.2) is 14.6 Å². The van der Waals surface area contributed by atoms with E-state index >= 15 is 0 Å². The zero-order valence-corrected chi connectivity index (χ0v) is 23.0. The molecule has 1 aliphatic heterocycles. The minimum Gasteiger partial charge on any atom is -0.506 e. The van der Waals surface area contributed by atoms with Gasteiger partial charge in [0.1, 0.15) is 5.75 Å². The van der Waals surface area contributed by atoms with Crippen molar-refractivity contribution in [2.75, 3.05) is 0 Å². The predicted molar refractivity (Wildman–Crippen MR) is 149 cm³/mol. The molecule has 4 aromatic rings. The minimum atomic E-state index is -0.524. The second-order valence-corrected chi connectivity index (χ2v) is 11.6. The van der Waals surface area contributed by atoms with Crippen LogP contribution in [-0.2, 0) is 6.42 Å². The Kier molecular flexibility index (Phi) is 5.97. The fourth-order valence-electron chi connectivity index (χ4n) is 4.97. The number of hydrogen-bond donors (Lipinski definition) is 1. The molecule has 1 N–H and O–H groups in total. The van der Waals surface area contributed by atoms with Gasteiger partial charge in [0.05, 0.1) is 25.7 Å². The number of allylic oxidation sites excluding steroid dienone is 1. The molecule has 0 saturated carbocycles. The third-order valence-electron chi connectivity index (χ3n) is 6.61. The van der Waals surface area contributed by atoms with Crippen molar-refractivity contribution in [3.63, 3.8) is 0 Å². The van der Waals surface area contributed by atoms with E-state index < -0.39 is 11.0 Å². The number of phenols is 1. The lowest BCUT2D eigenvalue weighted by Gasteiger charge is -2.30. The summed E-state index contributed by atoms with van der Waals surface area (Å²) in [5.41, 5.74) is 4.84. The molecule has 2 heterocycles. The van der Waals surface area contributed by atoms with Gasteiger partial charge in [-0.2, -0.15) is 0 Å². The number of nitrogens with zero attached hydrogens (tertiary/aromatic N) is 3. The number of fused-ring (bicyclic) bond motifs is 3. The third-order valence-corrected chi connectivity index (χ3v) is 8.66. The molecule has 1 aromatic heterocycles. The molecule has 3 aromatic carbocycles. The number of phenolic OH excluding ortho intramolecular Hbond substituents is 1. The number of aromatic hydroxyl groups is 1. The van der Waals surface area contributed by atoms with Crippen LogP contribution in [0.4, 0.5) is 5.69 Å². The van der Waals surface area contributed by atoms with Gasteiger partial charge in [0, 0.05) is 27.7 Å². The SMILES string of the molecule is O=c1c(=Cc2cc(Br)cc(Br)c2O)sc2n1C(c1cccc([N+](=O)[O-])c1)C1=C(N=2)c2ccccc2CC1. The first-order valence-electron chi connectivity index (χ1n) is 11.4. The minimum absolute atomic E-state index is 0.0255. The van der Waals surface area contributed by atoms with E-state index in [1.165, 1.54) is 29.0 Å². The summed E-state index contributed by atoms with van der Waals surface area (Å²) in [5.74, 6) is 0.0255. The maximum Gasteiger partial charge on any atom is 0.271 e. The van der Waals surface area contributed by atoms with E-state index in [1.54, 1.807) is 28.8 Å². The number of thiazole rings is 1. The fraction of sp³-hybridized carbons (Fsp3) is 0.111. The second-order valence-electron chi connectivity index (χ2n) is 8.79. The van der Waals surface area contributed by atoms with E-state index in [2.05, 4.69) is 37.9 Å². The van der Waals surface area contributed by atoms with Crippen molar-refractivity contribution >= 4 is 60.7 Å². The van der Waals surface area contributed by atoms with Crippen LogP contribution in [0, 0.1) is 10.1 Å². The number of nitro benzene ring substituents is 1. The molecule has 1 atom stereocenters. The maximum absolute atomic E-state index is 13.8. The van der Waals surface area contributed by atoms with E-state index in [9.17, 15) is 20.0 Å². The molecular formula is C27H17Br2N3O4S. The summed E-state index contributed by atoms with van der Waals surface area (Å²) in [7, 11) is 0. The number of aromatic nitrogens is 1. The topological polar surface area (TPSA) is 97.7 Å². The Morgan fingerprint density at radius 3 is 2.73 bits per heavy atom. The molecule has 7 nitrogen and oxygen atoms in total. The summed E-state index contributed by atoms with van der Waals surface area (Å²) in [6.45, 7) is 0. The van der Waals surface area contributed by atoms with Gasteiger partial charge in [0.25, 0.3) is 11.2 Å². The number of nitro groups is 1. The van der Waals surface area contributed by atoms with E-state index in [0.717, 1.165) is 27.7 Å². The first-order chi connectivity index (χ1) is 17.8. The molecule has 0 amide bonds. The highest BCUT2D eigenvalue weighted by atomic mass is 79.9. The molecular weight excluding hydrogens is 622 g/mol. The molecule has 0 fully saturated rings. The molecule has 0 saturated heterocycles. The Morgan fingerprint density at radius 1 is 1.11 bits per heavy atom. The van der Waals surface area contributed by atoms with Crippen molar-refractivity contribution < 1.29 is 10.0 Å². The summed E-state index contributed by atoms with van der Waals surface area (Å²) < 4.78 is 3.29. The number of hydrogen-bond acceptors (Lipinski definition) is 6. The predicted octanol–water partition coefficient (Wildman–Crippen LogP) is 5.46. The summed E-state index contributed by atoms with van der Waals surface area (Å²) in [5, 5.41) is 22.1.